The summed E-state index contributed by atoms with van der Waals surface area (Å²) in [7, 11) is 0. The van der Waals surface area contributed by atoms with Crippen molar-refractivity contribution in [1.29, 1.82) is 0 Å². The first-order valence-corrected chi connectivity index (χ1v) is 6.97. The van der Waals surface area contributed by atoms with Gasteiger partial charge in [0.05, 0.1) is 5.69 Å². The summed E-state index contributed by atoms with van der Waals surface area (Å²) in [6.45, 7) is 3.50. The van der Waals surface area contributed by atoms with Gasteiger partial charge in [0.15, 0.2) is 5.82 Å². The van der Waals surface area contributed by atoms with Crippen molar-refractivity contribution in [3.05, 3.63) is 39.9 Å². The lowest BCUT2D eigenvalue weighted by Crippen LogP contribution is -2.33. The van der Waals surface area contributed by atoms with E-state index in [2.05, 4.69) is 20.6 Å². The average Bonchev–Trinajstić information content (AvgIpc) is 3.22. The fourth-order valence-corrected chi connectivity index (χ4v) is 2.14. The molecule has 0 unspecified atom stereocenters. The molecule has 1 atom stereocenters. The highest BCUT2D eigenvalue weighted by atomic mass is 16.2. The zero-order chi connectivity index (χ0) is 15.0. The van der Waals surface area contributed by atoms with Crippen molar-refractivity contribution < 1.29 is 4.79 Å². The van der Waals surface area contributed by atoms with E-state index in [1.165, 1.54) is 10.7 Å². The number of H-pyrrole nitrogens is 1. The Hall–Kier alpha value is -2.44. The van der Waals surface area contributed by atoms with Crippen LogP contribution in [0, 0.1) is 6.92 Å². The second-order valence-electron chi connectivity index (χ2n) is 5.42. The van der Waals surface area contributed by atoms with Crippen LogP contribution in [0.2, 0.25) is 0 Å². The van der Waals surface area contributed by atoms with E-state index in [9.17, 15) is 9.59 Å². The summed E-state index contributed by atoms with van der Waals surface area (Å²) in [6, 6.07) is 4.26. The molecule has 0 aliphatic heterocycles. The van der Waals surface area contributed by atoms with Crippen LogP contribution in [-0.2, 0) is 4.79 Å². The Morgan fingerprint density at radius 3 is 2.86 bits per heavy atom. The Balaban J connectivity index is 1.80. The van der Waals surface area contributed by atoms with E-state index in [1.807, 2.05) is 6.92 Å². The van der Waals surface area contributed by atoms with Crippen LogP contribution in [-0.4, -0.2) is 25.9 Å². The van der Waals surface area contributed by atoms with Crippen LogP contribution in [0.15, 0.2) is 23.0 Å². The third-order valence-corrected chi connectivity index (χ3v) is 3.54. The number of carbonyl (C=O) groups is 1. The van der Waals surface area contributed by atoms with Gasteiger partial charge in [-0.3, -0.25) is 14.7 Å². The van der Waals surface area contributed by atoms with E-state index < -0.39 is 6.04 Å². The molecule has 7 nitrogen and oxygen atoms in total. The lowest BCUT2D eigenvalue weighted by atomic mass is 10.2. The van der Waals surface area contributed by atoms with Crippen molar-refractivity contribution >= 4 is 11.7 Å². The molecule has 0 spiro atoms. The van der Waals surface area contributed by atoms with Crippen LogP contribution in [0.4, 0.5) is 5.82 Å². The van der Waals surface area contributed by atoms with Crippen molar-refractivity contribution in [3.8, 4) is 0 Å². The number of anilines is 1. The molecule has 7 heteroatoms. The topological polar surface area (TPSA) is 92.7 Å². The number of nitrogens with zero attached hydrogens (tertiary/aromatic N) is 3. The van der Waals surface area contributed by atoms with E-state index in [0.29, 0.717) is 11.7 Å². The van der Waals surface area contributed by atoms with E-state index in [4.69, 9.17) is 0 Å². The van der Waals surface area contributed by atoms with E-state index >= 15 is 0 Å². The lowest BCUT2D eigenvalue weighted by molar-refractivity contribution is -0.119. The maximum absolute atomic E-state index is 12.2. The molecule has 2 aromatic heterocycles. The molecular formula is C14H17N5O2. The molecule has 21 heavy (non-hydrogen) atoms. The Kier molecular flexibility index (Phi) is 3.32. The van der Waals surface area contributed by atoms with Gasteiger partial charge in [-0.05, 0) is 32.8 Å². The largest absolute Gasteiger partial charge is 0.307 e. The van der Waals surface area contributed by atoms with Crippen LogP contribution < -0.4 is 10.9 Å². The molecule has 1 amide bonds. The van der Waals surface area contributed by atoms with E-state index in [-0.39, 0.29) is 11.5 Å². The van der Waals surface area contributed by atoms with Crippen molar-refractivity contribution in [2.75, 3.05) is 5.32 Å². The molecule has 1 fully saturated rings. The zero-order valence-corrected chi connectivity index (χ0v) is 12.0. The summed E-state index contributed by atoms with van der Waals surface area (Å²) < 4.78 is 1.24. The van der Waals surface area contributed by atoms with Gasteiger partial charge in [0.1, 0.15) is 6.04 Å². The van der Waals surface area contributed by atoms with Gasteiger partial charge >= 0.3 is 0 Å². The maximum atomic E-state index is 12.2. The number of aromatic nitrogens is 4. The molecule has 110 valence electrons. The van der Waals surface area contributed by atoms with Crippen molar-refractivity contribution in [1.82, 2.24) is 20.0 Å². The van der Waals surface area contributed by atoms with Gasteiger partial charge in [-0.2, -0.15) is 10.2 Å². The Morgan fingerprint density at radius 2 is 2.24 bits per heavy atom. The highest BCUT2D eigenvalue weighted by Crippen LogP contribution is 2.38. The quantitative estimate of drug-likeness (QED) is 0.887. The summed E-state index contributed by atoms with van der Waals surface area (Å²) in [5.41, 5.74) is 1.45. The number of aryl methyl sites for hydroxylation is 1. The lowest BCUT2D eigenvalue weighted by Gasteiger charge is -2.13. The number of hydrogen-bond donors (Lipinski definition) is 2. The average molecular weight is 287 g/mol. The van der Waals surface area contributed by atoms with Crippen LogP contribution in [0.1, 0.15) is 43.1 Å². The van der Waals surface area contributed by atoms with Gasteiger partial charge in [0.2, 0.25) is 5.91 Å². The number of rotatable bonds is 4. The predicted molar refractivity (Wildman–Crippen MR) is 77.1 cm³/mol. The summed E-state index contributed by atoms with van der Waals surface area (Å²) in [4.78, 5) is 24.1. The monoisotopic (exact) mass is 287 g/mol. The Morgan fingerprint density at radius 1 is 1.48 bits per heavy atom. The molecular weight excluding hydrogens is 270 g/mol. The predicted octanol–water partition coefficient (Wildman–Crippen LogP) is 1.35. The molecule has 0 radical (unpaired) electrons. The molecule has 0 saturated heterocycles. The first-order chi connectivity index (χ1) is 10.0. The van der Waals surface area contributed by atoms with Gasteiger partial charge in [-0.15, -0.1) is 0 Å². The molecule has 1 aliphatic carbocycles. The van der Waals surface area contributed by atoms with E-state index in [1.54, 1.807) is 19.1 Å². The summed E-state index contributed by atoms with van der Waals surface area (Å²) in [5, 5.41) is 13.7. The number of hydrogen-bond acceptors (Lipinski definition) is 4. The van der Waals surface area contributed by atoms with Crippen LogP contribution >= 0.6 is 0 Å². The molecule has 1 saturated carbocycles. The first kappa shape index (κ1) is 13.5. The summed E-state index contributed by atoms with van der Waals surface area (Å²) >= 11 is 0. The minimum atomic E-state index is -0.687. The zero-order valence-electron chi connectivity index (χ0n) is 12.0. The van der Waals surface area contributed by atoms with Gasteiger partial charge < -0.3 is 5.32 Å². The van der Waals surface area contributed by atoms with Crippen molar-refractivity contribution in [2.24, 2.45) is 0 Å². The molecule has 2 aromatic rings. The van der Waals surface area contributed by atoms with Gasteiger partial charge in [0, 0.05) is 23.7 Å². The second-order valence-corrected chi connectivity index (χ2v) is 5.42. The van der Waals surface area contributed by atoms with Crippen LogP contribution in [0.5, 0.6) is 0 Å². The number of aromatic amines is 1. The maximum Gasteiger partial charge on any atom is 0.267 e. The minimum Gasteiger partial charge on any atom is -0.307 e. The Bertz CT molecular complexity index is 729. The van der Waals surface area contributed by atoms with Crippen molar-refractivity contribution in [3.63, 3.8) is 0 Å². The highest BCUT2D eigenvalue weighted by Gasteiger charge is 2.27. The minimum absolute atomic E-state index is 0.278. The highest BCUT2D eigenvalue weighted by molar-refractivity contribution is 5.92. The van der Waals surface area contributed by atoms with Crippen LogP contribution in [0.25, 0.3) is 0 Å². The Labute approximate surface area is 121 Å². The summed E-state index contributed by atoms with van der Waals surface area (Å²) in [5.74, 6) is 0.556. The van der Waals surface area contributed by atoms with Gasteiger partial charge in [0.25, 0.3) is 5.56 Å². The molecule has 0 aromatic carbocycles. The normalized spacial score (nSPS) is 15.7. The number of carbonyl (C=O) groups excluding carboxylic acids is 1. The molecule has 0 bridgehead atoms. The van der Waals surface area contributed by atoms with Crippen LogP contribution in [0.3, 0.4) is 0 Å². The standard InChI is InChI=1S/C14H17N5O2/c1-8-7-12(17-16-8)15-14(21)9(2)19-13(20)6-5-11(18-19)10-3-4-10/h5-7,9-10H,3-4H2,1-2H3,(H2,15,16,17,21)/t9-/m0/s1. The fourth-order valence-electron chi connectivity index (χ4n) is 2.14. The third-order valence-electron chi connectivity index (χ3n) is 3.54. The summed E-state index contributed by atoms with van der Waals surface area (Å²) in [6.07, 6.45) is 2.19. The molecule has 2 N–H and O–H groups in total. The number of nitrogens with one attached hydrogen (secondary N) is 2. The first-order valence-electron chi connectivity index (χ1n) is 6.97. The third kappa shape index (κ3) is 2.86. The molecule has 3 rings (SSSR count). The number of amides is 1. The van der Waals surface area contributed by atoms with Crippen molar-refractivity contribution in [2.45, 2.75) is 38.6 Å². The SMILES string of the molecule is Cc1cc(NC(=O)[C@H](C)n2nc(C3CC3)ccc2=O)n[nH]1. The smallest absolute Gasteiger partial charge is 0.267 e. The molecule has 1 aliphatic rings. The van der Waals surface area contributed by atoms with Gasteiger partial charge in [-0.1, -0.05) is 0 Å². The second kappa shape index (κ2) is 5.16. The molecule has 2 heterocycles. The van der Waals surface area contributed by atoms with E-state index in [0.717, 1.165) is 24.2 Å². The fraction of sp³-hybridized carbons (Fsp3) is 0.429. The van der Waals surface area contributed by atoms with Gasteiger partial charge in [-0.25, -0.2) is 4.68 Å².